The summed E-state index contributed by atoms with van der Waals surface area (Å²) < 4.78 is 5.23. The highest BCUT2D eigenvalue weighted by atomic mass is 29.3. The summed E-state index contributed by atoms with van der Waals surface area (Å²) in [6.07, 6.45) is 1.03. The second kappa shape index (κ2) is 3.19. The largest absolute Gasteiger partial charge is 0.388 e. The second-order valence-electron chi connectivity index (χ2n) is 4.57. The first kappa shape index (κ1) is 10.4. The molecule has 3 heteroatoms. The van der Waals surface area contributed by atoms with E-state index >= 15 is 0 Å². The van der Waals surface area contributed by atoms with Crippen LogP contribution in [0.25, 0.3) is 0 Å². The van der Waals surface area contributed by atoms with Crippen molar-refractivity contribution in [2.75, 3.05) is 13.3 Å². The average molecular weight is 176 g/mol. The van der Waals surface area contributed by atoms with Gasteiger partial charge in [0.25, 0.3) is 0 Å². The fraction of sp³-hybridized carbons (Fsp3) is 1.00. The molecule has 10 heavy (non-hydrogen) atoms. The van der Waals surface area contributed by atoms with Crippen molar-refractivity contribution < 1.29 is 4.74 Å². The molecule has 0 aliphatic carbocycles. The average Bonchev–Trinajstić information content (AvgIpc) is 1.61. The highest BCUT2D eigenvalue weighted by molar-refractivity contribution is 7.40. The molecule has 0 heterocycles. The molecular formula is C7H20OSi2. The summed E-state index contributed by atoms with van der Waals surface area (Å²) in [6, 6.07) is 0. The minimum atomic E-state index is -0.988. The fourth-order valence-electron chi connectivity index (χ4n) is 0.577. The Hall–Kier alpha value is 0.394. The summed E-state index contributed by atoms with van der Waals surface area (Å²) in [5.41, 5.74) is 0. The number of hydrogen-bond acceptors (Lipinski definition) is 1. The molecule has 0 aliphatic rings. The third-order valence-electron chi connectivity index (χ3n) is 2.54. The molecule has 0 amide bonds. The molecular weight excluding hydrogens is 156 g/mol. The van der Waals surface area contributed by atoms with Gasteiger partial charge in [-0.25, -0.2) is 0 Å². The zero-order valence-electron chi connectivity index (χ0n) is 8.12. The predicted molar refractivity (Wildman–Crippen MR) is 52.7 cm³/mol. The zero-order valence-corrected chi connectivity index (χ0v) is 10.1. The van der Waals surface area contributed by atoms with Gasteiger partial charge in [-0.3, -0.25) is 0 Å². The van der Waals surface area contributed by atoms with Crippen LogP contribution >= 0.6 is 0 Å². The molecule has 0 bridgehead atoms. The van der Waals surface area contributed by atoms with Gasteiger partial charge in [-0.2, -0.15) is 0 Å². The van der Waals surface area contributed by atoms with Gasteiger partial charge in [-0.05, 0) is 0 Å². The first-order valence-corrected chi connectivity index (χ1v) is 11.5. The van der Waals surface area contributed by atoms with Crippen LogP contribution in [0, 0.1) is 0 Å². The van der Waals surface area contributed by atoms with Gasteiger partial charge in [-0.15, -0.1) is 0 Å². The molecule has 0 aromatic rings. The van der Waals surface area contributed by atoms with E-state index in [9.17, 15) is 0 Å². The third kappa shape index (κ3) is 2.56. The van der Waals surface area contributed by atoms with Gasteiger partial charge in [0.15, 0.2) is 0 Å². The maximum atomic E-state index is 5.23. The van der Waals surface area contributed by atoms with Crippen molar-refractivity contribution in [2.45, 2.75) is 32.7 Å². The van der Waals surface area contributed by atoms with Gasteiger partial charge in [0, 0.05) is 20.9 Å². The molecule has 0 atom stereocenters. The molecule has 0 N–H and O–H groups in total. The summed E-state index contributed by atoms with van der Waals surface area (Å²) >= 11 is 0. The van der Waals surface area contributed by atoms with Crippen molar-refractivity contribution in [1.82, 2.24) is 0 Å². The molecule has 0 aliphatic heterocycles. The molecule has 62 valence electrons. The van der Waals surface area contributed by atoms with Crippen LogP contribution in [0.5, 0.6) is 0 Å². The molecule has 0 radical (unpaired) electrons. The van der Waals surface area contributed by atoms with Gasteiger partial charge in [0.2, 0.25) is 0 Å². The number of hydrogen-bond donors (Lipinski definition) is 0. The number of ether oxygens (including phenoxy) is 1. The van der Waals surface area contributed by atoms with E-state index in [0.717, 1.165) is 6.23 Å². The highest BCUT2D eigenvalue weighted by Crippen LogP contribution is 2.18. The Labute approximate surface area is 66.6 Å². The second-order valence-corrected chi connectivity index (χ2v) is 21.7. The standard InChI is InChI=1S/C7H20OSi2/c1-8-7-10(5,6)9(2,3)4/h7H2,1-6H3. The Bertz CT molecular complexity index is 105. The van der Waals surface area contributed by atoms with Crippen LogP contribution in [0.1, 0.15) is 0 Å². The zero-order chi connectivity index (χ0) is 8.41. The molecule has 0 fully saturated rings. The topological polar surface area (TPSA) is 9.23 Å². The minimum absolute atomic E-state index is 0.892. The lowest BCUT2D eigenvalue weighted by atomic mass is 11.5. The molecule has 0 aromatic heterocycles. The van der Waals surface area contributed by atoms with Gasteiger partial charge in [0.1, 0.15) is 0 Å². The van der Waals surface area contributed by atoms with Crippen molar-refractivity contribution in [3.05, 3.63) is 0 Å². The van der Waals surface area contributed by atoms with E-state index in [0.29, 0.717) is 0 Å². The van der Waals surface area contributed by atoms with Crippen LogP contribution in [0.2, 0.25) is 32.7 Å². The van der Waals surface area contributed by atoms with Crippen molar-refractivity contribution in [1.29, 1.82) is 0 Å². The van der Waals surface area contributed by atoms with E-state index in [-0.39, 0.29) is 0 Å². The van der Waals surface area contributed by atoms with Gasteiger partial charge < -0.3 is 4.74 Å². The minimum Gasteiger partial charge on any atom is -0.388 e. The van der Waals surface area contributed by atoms with Crippen LogP contribution in [0.4, 0.5) is 0 Å². The van der Waals surface area contributed by atoms with E-state index in [1.54, 1.807) is 0 Å². The molecule has 0 aromatic carbocycles. The summed E-state index contributed by atoms with van der Waals surface area (Å²) in [5, 5.41) is 0. The first-order valence-electron chi connectivity index (χ1n) is 3.80. The Morgan fingerprint density at radius 2 is 1.40 bits per heavy atom. The fourth-order valence-corrected chi connectivity index (χ4v) is 3.46. The van der Waals surface area contributed by atoms with E-state index in [2.05, 4.69) is 32.7 Å². The summed E-state index contributed by atoms with van der Waals surface area (Å²) in [6.45, 7) is 12.2. The normalized spacial score (nSPS) is 13.8. The molecule has 1 nitrogen and oxygen atoms in total. The smallest absolute Gasteiger partial charge is 0.0711 e. The van der Waals surface area contributed by atoms with Gasteiger partial charge >= 0.3 is 0 Å². The summed E-state index contributed by atoms with van der Waals surface area (Å²) in [4.78, 5) is 0. The van der Waals surface area contributed by atoms with Gasteiger partial charge in [0.05, 0.1) is 7.59 Å². The van der Waals surface area contributed by atoms with Crippen LogP contribution in [-0.2, 0) is 4.74 Å². The molecule has 0 saturated heterocycles. The van der Waals surface area contributed by atoms with Crippen molar-refractivity contribution >= 4 is 15.2 Å². The lowest BCUT2D eigenvalue weighted by Gasteiger charge is -2.34. The van der Waals surface area contributed by atoms with Crippen LogP contribution in [0.3, 0.4) is 0 Å². The molecule has 0 saturated carbocycles. The monoisotopic (exact) mass is 176 g/mol. The Kier molecular flexibility index (Phi) is 3.32. The maximum Gasteiger partial charge on any atom is 0.0711 e. The highest BCUT2D eigenvalue weighted by Gasteiger charge is 2.36. The van der Waals surface area contributed by atoms with E-state index < -0.39 is 15.2 Å². The molecule has 0 spiro atoms. The quantitative estimate of drug-likeness (QED) is 0.600. The summed E-state index contributed by atoms with van der Waals surface area (Å²) in [7, 11) is -0.0658. The molecule has 0 rings (SSSR count). The van der Waals surface area contributed by atoms with Crippen LogP contribution < -0.4 is 0 Å². The SMILES string of the molecule is COC[Si](C)(C)[Si](C)(C)C. The summed E-state index contributed by atoms with van der Waals surface area (Å²) in [5.74, 6) is 0. The third-order valence-corrected chi connectivity index (χ3v) is 20.2. The van der Waals surface area contributed by atoms with Crippen molar-refractivity contribution in [3.63, 3.8) is 0 Å². The van der Waals surface area contributed by atoms with E-state index in [1.165, 1.54) is 0 Å². The number of rotatable bonds is 3. The molecule has 0 unspecified atom stereocenters. The van der Waals surface area contributed by atoms with Gasteiger partial charge in [-0.1, -0.05) is 32.7 Å². The van der Waals surface area contributed by atoms with Crippen molar-refractivity contribution in [2.24, 2.45) is 0 Å². The first-order chi connectivity index (χ1) is 4.31. The van der Waals surface area contributed by atoms with E-state index in [1.807, 2.05) is 7.11 Å². The van der Waals surface area contributed by atoms with E-state index in [4.69, 9.17) is 4.74 Å². The number of methoxy groups -OCH3 is 1. The Morgan fingerprint density at radius 3 is 1.50 bits per heavy atom. The van der Waals surface area contributed by atoms with Crippen LogP contribution in [0.15, 0.2) is 0 Å². The lowest BCUT2D eigenvalue weighted by molar-refractivity contribution is 0.248. The maximum absolute atomic E-state index is 5.23. The lowest BCUT2D eigenvalue weighted by Crippen LogP contribution is -2.55. The van der Waals surface area contributed by atoms with Crippen molar-refractivity contribution in [3.8, 4) is 0 Å². The Balaban J connectivity index is 4.10. The predicted octanol–water partition coefficient (Wildman–Crippen LogP) is 2.30. The Morgan fingerprint density at radius 1 is 1.00 bits per heavy atom. The van der Waals surface area contributed by atoms with Crippen LogP contribution in [-0.4, -0.2) is 28.5 Å².